The van der Waals surface area contributed by atoms with E-state index in [1.54, 1.807) is 6.26 Å². The largest absolute Gasteiger partial charge is 0.378 e. The van der Waals surface area contributed by atoms with E-state index in [2.05, 4.69) is 27.9 Å². The summed E-state index contributed by atoms with van der Waals surface area (Å²) >= 11 is 9.54. The SMILES string of the molecule is CS.O=C(N1Cc2nc(Cl)nc(NCc3cccc(C(F)F)c3F)c2C1)C1(F)CN(C2COC2)C1. The van der Waals surface area contributed by atoms with Crippen molar-refractivity contribution in [2.75, 3.05) is 37.9 Å². The van der Waals surface area contributed by atoms with E-state index >= 15 is 4.39 Å². The van der Waals surface area contributed by atoms with E-state index < -0.39 is 29.4 Å². The predicted molar refractivity (Wildman–Crippen MR) is 125 cm³/mol. The number of thiol groups is 1. The number of ether oxygens (including phenoxy) is 1. The summed E-state index contributed by atoms with van der Waals surface area (Å²) in [4.78, 5) is 24.4. The van der Waals surface area contributed by atoms with Gasteiger partial charge in [-0.15, -0.1) is 0 Å². The number of carbonyl (C=O) groups excluding carboxylic acids is 1. The predicted octanol–water partition coefficient (Wildman–Crippen LogP) is 3.63. The maximum absolute atomic E-state index is 15.2. The molecule has 0 bridgehead atoms. The van der Waals surface area contributed by atoms with Crippen LogP contribution >= 0.6 is 24.2 Å². The lowest BCUT2D eigenvalue weighted by Crippen LogP contribution is -2.70. The number of hydrogen-bond donors (Lipinski definition) is 2. The first-order chi connectivity index (χ1) is 16.7. The summed E-state index contributed by atoms with van der Waals surface area (Å²) in [5.41, 5.74) is -1.64. The summed E-state index contributed by atoms with van der Waals surface area (Å²) in [6, 6.07) is 3.91. The fraction of sp³-hybridized carbons (Fsp3) is 0.500. The molecule has 0 unspecified atom stereocenters. The first kappa shape index (κ1) is 25.9. The summed E-state index contributed by atoms with van der Waals surface area (Å²) < 4.78 is 60.6. The van der Waals surface area contributed by atoms with Crippen molar-refractivity contribution in [1.29, 1.82) is 0 Å². The van der Waals surface area contributed by atoms with Gasteiger partial charge in [0.1, 0.15) is 11.6 Å². The maximum atomic E-state index is 15.2. The van der Waals surface area contributed by atoms with E-state index in [9.17, 15) is 18.0 Å². The average Bonchev–Trinajstić information content (AvgIpc) is 3.20. The molecule has 13 heteroatoms. The van der Waals surface area contributed by atoms with E-state index in [1.165, 1.54) is 17.0 Å². The third-order valence-corrected chi connectivity index (χ3v) is 6.43. The molecular weight excluding hydrogens is 510 g/mol. The van der Waals surface area contributed by atoms with Crippen LogP contribution in [0.15, 0.2) is 18.2 Å². The maximum Gasteiger partial charge on any atom is 0.266 e. The van der Waals surface area contributed by atoms with Crippen molar-refractivity contribution in [1.82, 2.24) is 19.8 Å². The molecule has 1 N–H and O–H groups in total. The molecule has 2 fully saturated rings. The molecule has 0 saturated carbocycles. The van der Waals surface area contributed by atoms with Gasteiger partial charge < -0.3 is 15.0 Å². The molecule has 7 nitrogen and oxygen atoms in total. The van der Waals surface area contributed by atoms with Crippen molar-refractivity contribution in [3.05, 3.63) is 51.7 Å². The molecule has 1 aromatic carbocycles. The Morgan fingerprint density at radius 1 is 1.29 bits per heavy atom. The number of nitrogens with one attached hydrogen (secondary N) is 1. The fourth-order valence-corrected chi connectivity index (χ4v) is 4.49. The number of fused-ring (bicyclic) bond motifs is 1. The summed E-state index contributed by atoms with van der Waals surface area (Å²) in [6.07, 6.45) is -1.24. The zero-order valence-corrected chi connectivity index (χ0v) is 20.4. The molecule has 4 heterocycles. The van der Waals surface area contributed by atoms with Crippen LogP contribution in [0, 0.1) is 5.82 Å². The van der Waals surface area contributed by atoms with Crippen LogP contribution < -0.4 is 5.32 Å². The number of carbonyl (C=O) groups is 1. The molecule has 2 saturated heterocycles. The molecule has 1 aromatic heterocycles. The monoisotopic (exact) mass is 533 g/mol. The van der Waals surface area contributed by atoms with Crippen LogP contribution in [0.5, 0.6) is 0 Å². The molecule has 2 aromatic rings. The van der Waals surface area contributed by atoms with Crippen LogP contribution in [0.4, 0.5) is 23.4 Å². The van der Waals surface area contributed by atoms with Crippen LogP contribution in [-0.2, 0) is 29.2 Å². The Labute approximate surface area is 210 Å². The standard InChI is InChI=1S/C21H20ClF4N5O2.CH4S/c22-20-28-15-6-30(19(32)21(26)9-31(10-21)12-7-33-8-12)5-14(15)18(29-20)27-4-11-2-1-3-13(16(11)23)17(24)25;1-2/h1-3,12,17H,4-10H2,(H,27,28,29);2H,1H3. The van der Waals surface area contributed by atoms with Gasteiger partial charge in [0.25, 0.3) is 12.3 Å². The lowest BCUT2D eigenvalue weighted by molar-refractivity contribution is -0.173. The smallest absolute Gasteiger partial charge is 0.266 e. The Morgan fingerprint density at radius 2 is 2.00 bits per heavy atom. The van der Waals surface area contributed by atoms with Crippen LogP contribution in [0.2, 0.25) is 5.28 Å². The van der Waals surface area contributed by atoms with E-state index in [0.29, 0.717) is 24.5 Å². The highest BCUT2D eigenvalue weighted by molar-refractivity contribution is 7.79. The summed E-state index contributed by atoms with van der Waals surface area (Å²) in [5, 5.41) is 2.80. The number of benzene rings is 1. The lowest BCUT2D eigenvalue weighted by Gasteiger charge is -2.50. The number of amides is 1. The number of anilines is 1. The molecule has 0 atom stereocenters. The fourth-order valence-electron chi connectivity index (χ4n) is 4.31. The molecule has 3 aliphatic heterocycles. The second kappa shape index (κ2) is 10.5. The summed E-state index contributed by atoms with van der Waals surface area (Å²) in [7, 11) is 0. The van der Waals surface area contributed by atoms with Gasteiger partial charge in [-0.1, -0.05) is 18.2 Å². The Morgan fingerprint density at radius 3 is 2.63 bits per heavy atom. The number of hydrogen-bond acceptors (Lipinski definition) is 7. The third kappa shape index (κ3) is 5.07. The summed E-state index contributed by atoms with van der Waals surface area (Å²) in [5.74, 6) is -1.38. The van der Waals surface area contributed by atoms with Gasteiger partial charge in [-0.2, -0.15) is 12.6 Å². The second-order valence-corrected chi connectivity index (χ2v) is 8.80. The molecule has 0 radical (unpaired) electrons. The Bertz CT molecular complexity index is 1100. The van der Waals surface area contributed by atoms with Crippen molar-refractivity contribution in [3.63, 3.8) is 0 Å². The minimum Gasteiger partial charge on any atom is -0.378 e. The minimum atomic E-state index is -2.94. The molecule has 190 valence electrons. The van der Waals surface area contributed by atoms with Gasteiger partial charge >= 0.3 is 0 Å². The molecule has 0 aliphatic carbocycles. The van der Waals surface area contributed by atoms with Gasteiger partial charge in [0.15, 0.2) is 0 Å². The van der Waals surface area contributed by atoms with Crippen LogP contribution in [0.1, 0.15) is 28.8 Å². The molecule has 0 spiro atoms. The lowest BCUT2D eigenvalue weighted by atomic mass is 9.92. The Balaban J connectivity index is 0.00000141. The van der Waals surface area contributed by atoms with Gasteiger partial charge in [-0.3, -0.25) is 9.69 Å². The molecular formula is C22H24ClF4N5O2S. The van der Waals surface area contributed by atoms with Gasteiger partial charge in [0, 0.05) is 30.8 Å². The average molecular weight is 534 g/mol. The number of alkyl halides is 3. The Kier molecular flexibility index (Phi) is 7.74. The van der Waals surface area contributed by atoms with Crippen LogP contribution in [0.25, 0.3) is 0 Å². The van der Waals surface area contributed by atoms with E-state index in [1.807, 2.05) is 4.90 Å². The van der Waals surface area contributed by atoms with Crippen molar-refractivity contribution in [2.24, 2.45) is 0 Å². The Hall–Kier alpha value is -2.15. The number of rotatable bonds is 6. The van der Waals surface area contributed by atoms with Gasteiger partial charge in [0.2, 0.25) is 11.0 Å². The van der Waals surface area contributed by atoms with Crippen LogP contribution in [-0.4, -0.2) is 69.9 Å². The molecule has 35 heavy (non-hydrogen) atoms. The number of aromatic nitrogens is 2. The molecule has 3 aliphatic rings. The van der Waals surface area contributed by atoms with E-state index in [0.717, 1.165) is 6.07 Å². The van der Waals surface area contributed by atoms with Gasteiger partial charge in [-0.25, -0.2) is 27.5 Å². The first-order valence-corrected chi connectivity index (χ1v) is 12.1. The number of halogens is 5. The van der Waals surface area contributed by atoms with E-state index in [4.69, 9.17) is 16.3 Å². The highest BCUT2D eigenvalue weighted by Crippen LogP contribution is 2.36. The topological polar surface area (TPSA) is 70.6 Å². The molecule has 5 rings (SSSR count). The van der Waals surface area contributed by atoms with Crippen molar-refractivity contribution in [3.8, 4) is 0 Å². The third-order valence-electron chi connectivity index (χ3n) is 6.26. The van der Waals surface area contributed by atoms with Gasteiger partial charge in [0.05, 0.1) is 43.6 Å². The number of likely N-dealkylation sites (tertiary alicyclic amines) is 1. The minimum absolute atomic E-state index is 0.0179. The highest BCUT2D eigenvalue weighted by Gasteiger charge is 2.55. The zero-order valence-electron chi connectivity index (χ0n) is 18.8. The van der Waals surface area contributed by atoms with Crippen molar-refractivity contribution < 1.29 is 27.1 Å². The summed E-state index contributed by atoms with van der Waals surface area (Å²) in [6.45, 7) is 1.12. The van der Waals surface area contributed by atoms with Crippen molar-refractivity contribution in [2.45, 2.75) is 37.8 Å². The zero-order chi connectivity index (χ0) is 25.3. The van der Waals surface area contributed by atoms with E-state index in [-0.39, 0.29) is 55.4 Å². The quantitative estimate of drug-likeness (QED) is 0.336. The van der Waals surface area contributed by atoms with Gasteiger partial charge in [-0.05, 0) is 17.9 Å². The van der Waals surface area contributed by atoms with Crippen LogP contribution in [0.3, 0.4) is 0 Å². The number of nitrogens with zero attached hydrogens (tertiary/aromatic N) is 4. The molecule has 1 amide bonds. The van der Waals surface area contributed by atoms with Crippen molar-refractivity contribution >= 4 is 36.0 Å². The normalized spacial score (nSPS) is 18.9. The second-order valence-electron chi connectivity index (χ2n) is 8.46. The first-order valence-electron chi connectivity index (χ1n) is 10.8. The highest BCUT2D eigenvalue weighted by atomic mass is 35.5.